The molecule has 3 aromatic rings. The third kappa shape index (κ3) is 3.87. The van der Waals surface area contributed by atoms with E-state index in [0.29, 0.717) is 39.6 Å². The molecule has 0 radical (unpaired) electrons. The molecule has 0 spiro atoms. The lowest BCUT2D eigenvalue weighted by molar-refractivity contribution is 0.423. The number of halogens is 1. The minimum Gasteiger partial charge on any atom is -0.333 e. The van der Waals surface area contributed by atoms with Gasteiger partial charge in [0, 0.05) is 28.6 Å². The van der Waals surface area contributed by atoms with Gasteiger partial charge in [-0.25, -0.2) is 8.42 Å². The molecule has 0 saturated carbocycles. The van der Waals surface area contributed by atoms with Gasteiger partial charge in [-0.3, -0.25) is 0 Å². The van der Waals surface area contributed by atoms with E-state index in [0.717, 1.165) is 36.1 Å². The Bertz CT molecular complexity index is 1070. The maximum absolute atomic E-state index is 13.1. The van der Waals surface area contributed by atoms with E-state index in [1.54, 1.807) is 22.5 Å². The first-order valence-corrected chi connectivity index (χ1v) is 11.8. The molecule has 1 aromatic carbocycles. The van der Waals surface area contributed by atoms with Gasteiger partial charge in [0.25, 0.3) is 5.89 Å². The largest absolute Gasteiger partial charge is 0.333 e. The van der Waals surface area contributed by atoms with E-state index in [2.05, 4.69) is 10.1 Å². The number of thiophene rings is 1. The Morgan fingerprint density at radius 2 is 1.79 bits per heavy atom. The van der Waals surface area contributed by atoms with E-state index in [1.807, 2.05) is 19.1 Å². The summed E-state index contributed by atoms with van der Waals surface area (Å²) in [4.78, 5) is 6.14. The second-order valence-corrected chi connectivity index (χ2v) is 10.4. The zero-order chi connectivity index (χ0) is 19.7. The zero-order valence-electron chi connectivity index (χ0n) is 15.4. The molecular formula is C19H20ClN3O3S2. The van der Waals surface area contributed by atoms with Gasteiger partial charge < -0.3 is 4.52 Å². The lowest BCUT2D eigenvalue weighted by atomic mass is 10.2. The molecule has 0 unspecified atom stereocenters. The first kappa shape index (κ1) is 19.6. The van der Waals surface area contributed by atoms with E-state index in [9.17, 15) is 8.42 Å². The van der Waals surface area contributed by atoms with Crippen LogP contribution in [0.3, 0.4) is 0 Å². The molecule has 0 bridgehead atoms. The molecular weight excluding hydrogens is 418 g/mol. The van der Waals surface area contributed by atoms with Crippen molar-refractivity contribution in [3.63, 3.8) is 0 Å². The minimum absolute atomic E-state index is 0.315. The highest BCUT2D eigenvalue weighted by Gasteiger charge is 2.29. The van der Waals surface area contributed by atoms with Crippen LogP contribution in [0.2, 0.25) is 5.02 Å². The van der Waals surface area contributed by atoms with Crippen molar-refractivity contribution in [3.8, 4) is 22.2 Å². The average molecular weight is 438 g/mol. The summed E-state index contributed by atoms with van der Waals surface area (Å²) in [5.41, 5.74) is 0.782. The first-order chi connectivity index (χ1) is 13.4. The monoisotopic (exact) mass is 437 g/mol. The van der Waals surface area contributed by atoms with E-state index in [4.69, 9.17) is 16.1 Å². The van der Waals surface area contributed by atoms with Gasteiger partial charge in [-0.05, 0) is 50.1 Å². The number of nitrogens with zero attached hydrogens (tertiary/aromatic N) is 3. The van der Waals surface area contributed by atoms with Gasteiger partial charge in [-0.2, -0.15) is 9.29 Å². The molecule has 0 aliphatic carbocycles. The fourth-order valence-electron chi connectivity index (χ4n) is 3.29. The molecule has 1 fully saturated rings. The average Bonchev–Trinajstić information content (AvgIpc) is 3.21. The van der Waals surface area contributed by atoms with Crippen LogP contribution >= 0.6 is 22.9 Å². The summed E-state index contributed by atoms with van der Waals surface area (Å²) >= 11 is 7.27. The Labute approximate surface area is 173 Å². The fraction of sp³-hybridized carbons (Fsp3) is 0.368. The van der Waals surface area contributed by atoms with Crippen LogP contribution < -0.4 is 0 Å². The van der Waals surface area contributed by atoms with Gasteiger partial charge in [-0.15, -0.1) is 11.3 Å². The van der Waals surface area contributed by atoms with E-state index >= 15 is 0 Å². The first-order valence-electron chi connectivity index (χ1n) is 9.16. The van der Waals surface area contributed by atoms with Gasteiger partial charge in [-0.1, -0.05) is 29.6 Å². The summed E-state index contributed by atoms with van der Waals surface area (Å²) in [7, 11) is -3.51. The van der Waals surface area contributed by atoms with Crippen molar-refractivity contribution in [2.45, 2.75) is 37.5 Å². The molecule has 148 valence electrons. The van der Waals surface area contributed by atoms with Crippen molar-refractivity contribution in [3.05, 3.63) is 40.2 Å². The Kier molecular flexibility index (Phi) is 5.55. The number of hydrogen-bond acceptors (Lipinski definition) is 6. The fourth-order valence-corrected chi connectivity index (χ4v) is 6.41. The summed E-state index contributed by atoms with van der Waals surface area (Å²) in [6, 6.07) is 8.79. The Balaban J connectivity index is 1.63. The summed E-state index contributed by atoms with van der Waals surface area (Å²) in [5, 5.41) is 4.64. The maximum Gasteiger partial charge on any atom is 0.268 e. The van der Waals surface area contributed by atoms with E-state index in [1.165, 1.54) is 11.3 Å². The molecule has 9 heteroatoms. The van der Waals surface area contributed by atoms with Crippen molar-refractivity contribution >= 4 is 33.0 Å². The van der Waals surface area contributed by atoms with Gasteiger partial charge >= 0.3 is 0 Å². The lowest BCUT2D eigenvalue weighted by Gasteiger charge is -2.19. The normalized spacial score (nSPS) is 16.2. The molecule has 1 aliphatic rings. The topological polar surface area (TPSA) is 76.3 Å². The minimum atomic E-state index is -3.51. The van der Waals surface area contributed by atoms with E-state index in [-0.39, 0.29) is 0 Å². The summed E-state index contributed by atoms with van der Waals surface area (Å²) in [5.74, 6) is 0.755. The quantitative estimate of drug-likeness (QED) is 0.574. The third-order valence-electron chi connectivity index (χ3n) is 4.79. The number of sulfonamides is 1. The number of rotatable bonds is 4. The van der Waals surface area contributed by atoms with Gasteiger partial charge in [0.2, 0.25) is 15.8 Å². The van der Waals surface area contributed by atoms with Crippen molar-refractivity contribution < 1.29 is 12.9 Å². The zero-order valence-corrected chi connectivity index (χ0v) is 17.8. The van der Waals surface area contributed by atoms with Crippen LogP contribution in [0.15, 0.2) is 39.8 Å². The number of benzene rings is 1. The van der Waals surface area contributed by atoms with Crippen LogP contribution in [0.25, 0.3) is 22.2 Å². The molecule has 1 saturated heterocycles. The SMILES string of the molecule is Cc1sc(-c2nc(-c3ccc(Cl)cc3)no2)cc1S(=O)(=O)N1CCCCCC1. The predicted molar refractivity (Wildman–Crippen MR) is 110 cm³/mol. The van der Waals surface area contributed by atoms with Gasteiger partial charge in [0.05, 0.1) is 9.77 Å². The Hall–Kier alpha value is -1.74. The van der Waals surface area contributed by atoms with Gasteiger partial charge in [0.1, 0.15) is 0 Å². The standard InChI is InChI=1S/C19H20ClN3O3S2/c1-13-17(28(24,25)23-10-4-2-3-5-11-23)12-16(27-13)19-21-18(22-26-19)14-6-8-15(20)9-7-14/h6-9,12H,2-5,10-11H2,1H3. The molecule has 0 N–H and O–H groups in total. The van der Waals surface area contributed by atoms with Crippen LogP contribution in [0.4, 0.5) is 0 Å². The van der Waals surface area contributed by atoms with Gasteiger partial charge in [0.15, 0.2) is 0 Å². The van der Waals surface area contributed by atoms with Crippen molar-refractivity contribution in [2.24, 2.45) is 0 Å². The van der Waals surface area contributed by atoms with Crippen LogP contribution in [0.1, 0.15) is 30.6 Å². The summed E-state index contributed by atoms with van der Waals surface area (Å²) < 4.78 is 33.2. The molecule has 2 aromatic heterocycles. The third-order valence-corrected chi connectivity index (χ3v) is 8.24. The highest BCUT2D eigenvalue weighted by Crippen LogP contribution is 2.35. The molecule has 6 nitrogen and oxygen atoms in total. The molecule has 1 aliphatic heterocycles. The van der Waals surface area contributed by atoms with Crippen LogP contribution in [-0.2, 0) is 10.0 Å². The molecule has 4 rings (SSSR count). The number of hydrogen-bond donors (Lipinski definition) is 0. The highest BCUT2D eigenvalue weighted by molar-refractivity contribution is 7.89. The molecule has 0 amide bonds. The van der Waals surface area contributed by atoms with Crippen LogP contribution in [0, 0.1) is 6.92 Å². The van der Waals surface area contributed by atoms with Crippen molar-refractivity contribution in [2.75, 3.05) is 13.1 Å². The summed E-state index contributed by atoms with van der Waals surface area (Å²) in [6.07, 6.45) is 3.97. The van der Waals surface area contributed by atoms with Crippen LogP contribution in [0.5, 0.6) is 0 Å². The van der Waals surface area contributed by atoms with Crippen LogP contribution in [-0.4, -0.2) is 36.0 Å². The number of aryl methyl sites for hydroxylation is 1. The van der Waals surface area contributed by atoms with E-state index < -0.39 is 10.0 Å². The predicted octanol–water partition coefficient (Wildman–Crippen LogP) is 4.99. The molecule has 28 heavy (non-hydrogen) atoms. The number of aromatic nitrogens is 2. The second kappa shape index (κ2) is 7.94. The van der Waals surface area contributed by atoms with Crippen molar-refractivity contribution in [1.82, 2.24) is 14.4 Å². The summed E-state index contributed by atoms with van der Waals surface area (Å²) in [6.45, 7) is 2.97. The maximum atomic E-state index is 13.1. The molecule has 0 atom stereocenters. The van der Waals surface area contributed by atoms with Crippen molar-refractivity contribution in [1.29, 1.82) is 0 Å². The smallest absolute Gasteiger partial charge is 0.268 e. The Morgan fingerprint density at radius 3 is 2.46 bits per heavy atom. The Morgan fingerprint density at radius 1 is 1.11 bits per heavy atom. The lowest BCUT2D eigenvalue weighted by Crippen LogP contribution is -2.32. The molecule has 3 heterocycles. The highest BCUT2D eigenvalue weighted by atomic mass is 35.5. The second-order valence-electron chi connectivity index (χ2n) is 6.78.